The van der Waals surface area contributed by atoms with Crippen molar-refractivity contribution >= 4 is 98.8 Å². The zero-order chi connectivity index (χ0) is 87.4. The van der Waals surface area contributed by atoms with Gasteiger partial charge in [0.1, 0.15) is 96.5 Å². The van der Waals surface area contributed by atoms with E-state index in [-0.39, 0.29) is 23.3 Å². The third kappa shape index (κ3) is 23.7. The van der Waals surface area contributed by atoms with Gasteiger partial charge in [0.2, 0.25) is 0 Å². The molecule has 8 unspecified atom stereocenters. The minimum absolute atomic E-state index is 0.0144. The summed E-state index contributed by atoms with van der Waals surface area (Å²) in [4.78, 5) is 118. The normalized spacial score (nSPS) is 29.7. The summed E-state index contributed by atoms with van der Waals surface area (Å²) in [5.41, 5.74) is 24.2. The van der Waals surface area contributed by atoms with E-state index in [0.29, 0.717) is 38.9 Å². The lowest BCUT2D eigenvalue weighted by molar-refractivity contribution is -0.0548. The number of aliphatic hydroxyl groups excluding tert-OH is 9. The third-order valence-corrected chi connectivity index (χ3v) is 27.3. The highest BCUT2D eigenvalue weighted by Gasteiger charge is 2.56. The second-order valence-corrected chi connectivity index (χ2v) is 39.0. The Morgan fingerprint density at radius 1 is 0.395 bits per heavy atom. The summed E-state index contributed by atoms with van der Waals surface area (Å²) in [7, 11) is -32.5. The summed E-state index contributed by atoms with van der Waals surface area (Å²) in [6, 6.07) is 35.1. The van der Waals surface area contributed by atoms with Crippen LogP contribution in [0.2, 0.25) is 0 Å². The maximum atomic E-state index is 12.4. The topological polar surface area (TPSA) is 777 Å². The van der Waals surface area contributed by atoms with Crippen LogP contribution in [-0.4, -0.2) is 213 Å². The number of phosphoric acid groups is 6. The highest BCUT2D eigenvalue weighted by molar-refractivity contribution is 8.05. The van der Waals surface area contributed by atoms with Crippen LogP contribution in [-0.2, 0) is 86.0 Å². The molecule has 20 atom stereocenters. The molecule has 4 aromatic heterocycles. The Kier molecular flexibility index (Phi) is 30.2. The largest absolute Gasteiger partial charge is 0.492 e. The van der Waals surface area contributed by atoms with Crippen molar-refractivity contribution < 1.29 is 161 Å². The highest BCUT2D eigenvalue weighted by Crippen LogP contribution is 2.80. The Hall–Kier alpha value is -7.29. The molecule has 0 amide bonds. The molecule has 0 aliphatic carbocycles. The summed E-state index contributed by atoms with van der Waals surface area (Å²) < 4.78 is 139. The molecule has 0 spiro atoms. The van der Waals surface area contributed by atoms with Crippen molar-refractivity contribution in [3.8, 4) is 44.5 Å². The second-order valence-electron chi connectivity index (χ2n) is 25.3. The van der Waals surface area contributed by atoms with Gasteiger partial charge in [-0.2, -0.15) is 41.5 Å². The van der Waals surface area contributed by atoms with E-state index in [9.17, 15) is 107 Å². The summed E-state index contributed by atoms with van der Waals surface area (Å²) in [6.45, 7) is -2.88. The van der Waals surface area contributed by atoms with Gasteiger partial charge in [0.25, 0.3) is 0 Å². The van der Waals surface area contributed by atoms with Gasteiger partial charge in [0.05, 0.1) is 26.4 Å². The number of phosphoric ester groups is 1. The molecule has 0 saturated carbocycles. The quantitative estimate of drug-likeness (QED) is 0.0417. The van der Waals surface area contributed by atoms with Crippen LogP contribution in [0.5, 0.6) is 0 Å². The summed E-state index contributed by atoms with van der Waals surface area (Å²) in [6.07, 6.45) is -21.7. The van der Waals surface area contributed by atoms with E-state index in [1.165, 1.54) is 24.8 Å². The number of ether oxygens (including phenoxy) is 4. The van der Waals surface area contributed by atoms with Crippen molar-refractivity contribution in [1.29, 1.82) is 0 Å². The van der Waals surface area contributed by atoms with Gasteiger partial charge in [-0.3, -0.25) is 31.9 Å². The highest BCUT2D eigenvalue weighted by atomic mass is 35.9. The number of rotatable bonds is 22. The van der Waals surface area contributed by atoms with Crippen molar-refractivity contribution in [2.75, 3.05) is 49.4 Å². The first kappa shape index (κ1) is 94.0. The summed E-state index contributed by atoms with van der Waals surface area (Å²) in [5, 5.41) is 90.8. The average molecular weight is 1860 g/mol. The molecule has 5 saturated heterocycles. The molecule has 0 bridgehead atoms. The van der Waals surface area contributed by atoms with Gasteiger partial charge in [-0.15, -0.1) is 0 Å². The van der Waals surface area contributed by atoms with Crippen molar-refractivity contribution in [3.05, 3.63) is 188 Å². The van der Waals surface area contributed by atoms with E-state index in [2.05, 4.69) is 46.0 Å². The number of nitrogens with two attached hydrogens (primary N) is 4. The van der Waals surface area contributed by atoms with Gasteiger partial charge < -0.3 is 122 Å². The molecule has 50 nitrogen and oxygen atoms in total. The molecule has 4 aromatic carbocycles. The number of nitrogens with zero attached hydrogens (tertiary/aromatic N) is 8. The fourth-order valence-corrected chi connectivity index (χ4v) is 20.3. The van der Waals surface area contributed by atoms with Gasteiger partial charge in [0.15, 0.2) is 24.9 Å². The number of benzene rings is 4. The van der Waals surface area contributed by atoms with Crippen LogP contribution < -0.4 is 45.7 Å². The monoisotopic (exact) mass is 1850 g/mol. The predicted molar refractivity (Wildman–Crippen MR) is 406 cm³/mol. The molecule has 5 fully saturated rings. The van der Waals surface area contributed by atoms with E-state index >= 15 is 0 Å². The number of nitrogen functional groups attached to an aromatic ring is 4. The molecule has 5 aliphatic heterocycles. The minimum atomic E-state index is -5.75. The van der Waals surface area contributed by atoms with Gasteiger partial charge in [0, 0.05) is 47.0 Å². The lowest BCUT2D eigenvalue weighted by atomic mass is 10.1. The van der Waals surface area contributed by atoms with Gasteiger partial charge in [-0.25, -0.2) is 46.6 Å². The van der Waals surface area contributed by atoms with Gasteiger partial charge >= 0.3 is 75.8 Å². The Balaban J connectivity index is 0.000000169. The van der Waals surface area contributed by atoms with Gasteiger partial charge in [-0.1, -0.05) is 121 Å². The molecule has 9 heterocycles. The predicted octanol–water partition coefficient (Wildman–Crippen LogP) is 0.774. The van der Waals surface area contributed by atoms with Crippen LogP contribution in [0, 0.1) is 0 Å². The van der Waals surface area contributed by atoms with Crippen LogP contribution in [0.1, 0.15) is 24.9 Å². The SMILES string of the molecule is Nc1nc(=O)n([C@@H]2O[C@H](CO)[C@H](O)C2O)cc1-c1ccccc1.Nc1nc(=O)n([C@@H]2O[C@H](COP(=O)(Cl)Cl)[C@H](O)C2O)cc1-c1ccccc1.Nc1nc(=O)n([C@@H]2O[C@H](COP(=O)(O)OP(=O)(O)OP(=O)(O)O)[C@H](O)C2O)cc1-c1ccccc1.Nc1nc(=O)n([C@@H]2O[C@H](COP3(=O)OP(=O)(O)OP(=O)(O)O3)[C@H](O)C2O)cc1-c1ccccc1. The van der Waals surface area contributed by atoms with Crippen LogP contribution in [0.25, 0.3) is 44.5 Å². The third-order valence-electron chi connectivity index (χ3n) is 17.1. The van der Waals surface area contributed by atoms with Crippen molar-refractivity contribution in [2.45, 2.75) is 98.2 Å². The molecule has 648 valence electrons. The average Bonchev–Trinajstić information content (AvgIpc) is 1.72. The van der Waals surface area contributed by atoms with Crippen molar-refractivity contribution in [3.63, 3.8) is 0 Å². The van der Waals surface area contributed by atoms with E-state index in [4.69, 9.17) is 93.2 Å². The molecule has 23 N–H and O–H groups in total. The molecule has 8 aromatic rings. The molecular formula is C60H71Cl2N12O38P7. The van der Waals surface area contributed by atoms with E-state index < -0.39 is 200 Å². The van der Waals surface area contributed by atoms with Crippen LogP contribution >= 0.6 is 75.5 Å². The number of aliphatic hydroxyl groups is 9. The lowest BCUT2D eigenvalue weighted by Gasteiger charge is -2.27. The van der Waals surface area contributed by atoms with Crippen LogP contribution in [0.3, 0.4) is 0 Å². The molecule has 119 heavy (non-hydrogen) atoms. The maximum absolute atomic E-state index is 12.4. The number of hydrogen-bond acceptors (Lipinski definition) is 40. The first-order chi connectivity index (χ1) is 55.6. The van der Waals surface area contributed by atoms with Crippen LogP contribution in [0.4, 0.5) is 23.3 Å². The fraction of sp³-hybridized carbons (Fsp3) is 0.333. The number of hydrogen-bond donors (Lipinski definition) is 19. The lowest BCUT2D eigenvalue weighted by Crippen LogP contribution is -2.36. The first-order valence-corrected chi connectivity index (χ1v) is 45.9. The fourth-order valence-electron chi connectivity index (χ4n) is 11.7. The first-order valence-electron chi connectivity index (χ1n) is 33.5. The molecule has 5 aliphatic rings. The van der Waals surface area contributed by atoms with Crippen molar-refractivity contribution in [1.82, 2.24) is 38.2 Å². The Labute approximate surface area is 675 Å². The zero-order valence-electron chi connectivity index (χ0n) is 59.8. The summed E-state index contributed by atoms with van der Waals surface area (Å²) in [5.74, 6) is -0.131. The summed E-state index contributed by atoms with van der Waals surface area (Å²) >= 11 is 10.6. The Bertz CT molecular complexity index is 5540. The standard InChI is InChI=1S/C15H16Cl2N3O6P.C15H20N3O14P3.C15H18N3O13P3.C15H17N3O5/c16-27(17,24)25-7-10-11(21)12(22)14(26-10)20-6-9(13(18)19-15(20)23)8-4-2-1-3-5-8;16-13-9(8-4-2-1-3-5-8)6-18(15(21)17-13)14-12(20)11(19)10(30-14)7-29-34(25,26)32-35(27,28)31-33(22,23)24;16-13-9(8-4-2-1-3-5-8)6-18(15(21)17-13)14-12(20)11(19)10(28-14)7-27-34(26)30-32(22,23)29-33(24,25)31-34;16-13-9(8-4-2-1-3-5-8)6-18(15(22)17-13)14-12(21)11(20)10(7-19)23-14/h1-6,10-12,14,21-22H,7H2,(H2,18,19,23);1-6,10-12,14,19-20H,7H2,(H,25,26)(H,27,28)(H2,16,17,21)(H2,22,23,24);1-6,10-12,14,19-20H,7H2,(H,22,23)(H,24,25)(H2,16,17,21);1-6,10-12,14,19-21H,7H2,(H2,16,17,22)/t4*10-,11+,12?,14-/m1111/s1. The van der Waals surface area contributed by atoms with Crippen LogP contribution in [0.15, 0.2) is 165 Å². The maximum Gasteiger partial charge on any atom is 0.492 e. The zero-order valence-corrected chi connectivity index (χ0v) is 67.6. The second kappa shape index (κ2) is 38.2. The molecule has 0 radical (unpaired) electrons. The Morgan fingerprint density at radius 2 is 0.664 bits per heavy atom. The number of anilines is 4. The number of halogens is 2. The molecule has 13 rings (SSSR count). The smallest absolute Gasteiger partial charge is 0.394 e. The van der Waals surface area contributed by atoms with E-state index in [1.807, 2.05) is 24.3 Å². The van der Waals surface area contributed by atoms with E-state index in [0.717, 1.165) is 23.8 Å². The van der Waals surface area contributed by atoms with E-state index in [1.54, 1.807) is 97.1 Å². The van der Waals surface area contributed by atoms with Gasteiger partial charge in [-0.05, 0) is 44.7 Å². The Morgan fingerprint density at radius 3 is 0.933 bits per heavy atom. The number of aromatic nitrogens is 8. The molecular weight excluding hydrogens is 1780 g/mol. The minimum Gasteiger partial charge on any atom is -0.394 e. The molecule has 59 heteroatoms. The van der Waals surface area contributed by atoms with Crippen molar-refractivity contribution in [2.24, 2.45) is 0 Å².